The van der Waals surface area contributed by atoms with E-state index in [1.165, 1.54) is 0 Å². The maximum atomic E-state index is 12.6. The van der Waals surface area contributed by atoms with Crippen molar-refractivity contribution < 1.29 is 19.0 Å². The van der Waals surface area contributed by atoms with E-state index in [4.69, 9.17) is 14.2 Å². The second-order valence-corrected chi connectivity index (χ2v) is 6.52. The molecular formula is C21H27N3O4. The minimum Gasteiger partial charge on any atom is -0.495 e. The molecule has 0 unspecified atom stereocenters. The summed E-state index contributed by atoms with van der Waals surface area (Å²) in [7, 11) is 4.83. The Hall–Kier alpha value is -2.93. The number of rotatable bonds is 7. The van der Waals surface area contributed by atoms with Crippen molar-refractivity contribution in [2.45, 2.75) is 0 Å². The fourth-order valence-electron chi connectivity index (χ4n) is 3.39. The lowest BCUT2D eigenvalue weighted by molar-refractivity contribution is -0.117. The van der Waals surface area contributed by atoms with Crippen molar-refractivity contribution in [1.29, 1.82) is 0 Å². The first kappa shape index (κ1) is 19.8. The van der Waals surface area contributed by atoms with Gasteiger partial charge in [0.2, 0.25) is 5.91 Å². The second kappa shape index (κ2) is 9.32. The number of carbonyl (C=O) groups excluding carboxylic acids is 1. The van der Waals surface area contributed by atoms with Crippen LogP contribution >= 0.6 is 0 Å². The third-order valence-corrected chi connectivity index (χ3v) is 4.86. The number of para-hydroxylation sites is 3. The molecule has 1 heterocycles. The Balaban J connectivity index is 1.57. The standard InChI is InChI=1S/C21H27N3O4/c1-26-17-8-5-4-7-16(17)24-13-11-23(12-14-24)15-20(25)22-21-18(27-2)9-6-10-19(21)28-3/h4-10H,11-15H2,1-3H3,(H,22,25). The molecule has 1 aliphatic rings. The molecule has 0 saturated carbocycles. The minimum atomic E-state index is -0.0893. The van der Waals surface area contributed by atoms with E-state index in [1.807, 2.05) is 24.3 Å². The third-order valence-electron chi connectivity index (χ3n) is 4.86. The van der Waals surface area contributed by atoms with Crippen molar-refractivity contribution in [3.8, 4) is 17.2 Å². The van der Waals surface area contributed by atoms with Crippen molar-refractivity contribution in [3.05, 3.63) is 42.5 Å². The van der Waals surface area contributed by atoms with Gasteiger partial charge in [0.05, 0.1) is 33.6 Å². The molecule has 1 saturated heterocycles. The van der Waals surface area contributed by atoms with Gasteiger partial charge in [-0.25, -0.2) is 0 Å². The van der Waals surface area contributed by atoms with Crippen LogP contribution < -0.4 is 24.4 Å². The Bertz CT molecular complexity index is 782. The Morgan fingerprint density at radius 2 is 1.43 bits per heavy atom. The molecule has 2 aromatic carbocycles. The predicted octanol–water partition coefficient (Wildman–Crippen LogP) is 2.47. The zero-order valence-electron chi connectivity index (χ0n) is 16.6. The van der Waals surface area contributed by atoms with Crippen molar-refractivity contribution in [2.24, 2.45) is 0 Å². The van der Waals surface area contributed by atoms with Gasteiger partial charge >= 0.3 is 0 Å². The number of nitrogens with zero attached hydrogens (tertiary/aromatic N) is 2. The lowest BCUT2D eigenvalue weighted by Gasteiger charge is -2.36. The van der Waals surface area contributed by atoms with Crippen LogP contribution in [0.2, 0.25) is 0 Å². The smallest absolute Gasteiger partial charge is 0.238 e. The quantitative estimate of drug-likeness (QED) is 0.790. The molecule has 1 aliphatic heterocycles. The van der Waals surface area contributed by atoms with Crippen LogP contribution in [0.4, 0.5) is 11.4 Å². The maximum Gasteiger partial charge on any atom is 0.238 e. The van der Waals surface area contributed by atoms with E-state index in [9.17, 15) is 4.79 Å². The minimum absolute atomic E-state index is 0.0893. The number of anilines is 2. The van der Waals surface area contributed by atoms with Gasteiger partial charge in [0.1, 0.15) is 22.9 Å². The van der Waals surface area contributed by atoms with Gasteiger partial charge in [-0.3, -0.25) is 9.69 Å². The Morgan fingerprint density at radius 1 is 0.857 bits per heavy atom. The molecule has 7 nitrogen and oxygen atoms in total. The summed E-state index contributed by atoms with van der Waals surface area (Å²) in [5, 5.41) is 2.93. The number of amides is 1. The van der Waals surface area contributed by atoms with E-state index in [0.29, 0.717) is 23.7 Å². The highest BCUT2D eigenvalue weighted by atomic mass is 16.5. The molecule has 0 radical (unpaired) electrons. The SMILES string of the molecule is COc1ccccc1N1CCN(CC(=O)Nc2c(OC)cccc2OC)CC1. The summed E-state index contributed by atoms with van der Waals surface area (Å²) >= 11 is 0. The molecule has 0 bridgehead atoms. The van der Waals surface area contributed by atoms with Gasteiger partial charge in [0.25, 0.3) is 0 Å². The zero-order chi connectivity index (χ0) is 19.9. The fraction of sp³-hybridized carbons (Fsp3) is 0.381. The molecule has 3 rings (SSSR count). The number of methoxy groups -OCH3 is 3. The first-order valence-corrected chi connectivity index (χ1v) is 9.27. The summed E-state index contributed by atoms with van der Waals surface area (Å²) < 4.78 is 16.1. The van der Waals surface area contributed by atoms with Crippen LogP contribution in [-0.2, 0) is 4.79 Å². The van der Waals surface area contributed by atoms with Gasteiger partial charge in [-0.15, -0.1) is 0 Å². The van der Waals surface area contributed by atoms with E-state index in [-0.39, 0.29) is 5.91 Å². The number of hydrogen-bond donors (Lipinski definition) is 1. The lowest BCUT2D eigenvalue weighted by Crippen LogP contribution is -2.48. The van der Waals surface area contributed by atoms with Crippen LogP contribution in [0.25, 0.3) is 0 Å². The summed E-state index contributed by atoms with van der Waals surface area (Å²) in [5.41, 5.74) is 1.65. The predicted molar refractivity (Wildman–Crippen MR) is 110 cm³/mol. The fourth-order valence-corrected chi connectivity index (χ4v) is 3.39. The van der Waals surface area contributed by atoms with Crippen LogP contribution in [-0.4, -0.2) is 64.9 Å². The Kier molecular flexibility index (Phi) is 6.60. The van der Waals surface area contributed by atoms with E-state index in [0.717, 1.165) is 37.6 Å². The Morgan fingerprint density at radius 3 is 2.04 bits per heavy atom. The molecular weight excluding hydrogens is 358 g/mol. The zero-order valence-corrected chi connectivity index (χ0v) is 16.6. The van der Waals surface area contributed by atoms with Gasteiger partial charge in [-0.2, -0.15) is 0 Å². The highest BCUT2D eigenvalue weighted by molar-refractivity contribution is 5.95. The number of carbonyl (C=O) groups is 1. The largest absolute Gasteiger partial charge is 0.495 e. The molecule has 150 valence electrons. The van der Waals surface area contributed by atoms with Crippen LogP contribution in [0.5, 0.6) is 17.2 Å². The van der Waals surface area contributed by atoms with E-state index in [2.05, 4.69) is 21.2 Å². The average molecular weight is 385 g/mol. The molecule has 0 aromatic heterocycles. The number of benzene rings is 2. The first-order valence-electron chi connectivity index (χ1n) is 9.27. The number of nitrogens with one attached hydrogen (secondary N) is 1. The first-order chi connectivity index (χ1) is 13.7. The molecule has 1 amide bonds. The van der Waals surface area contributed by atoms with Gasteiger partial charge < -0.3 is 24.4 Å². The molecule has 28 heavy (non-hydrogen) atoms. The second-order valence-electron chi connectivity index (χ2n) is 6.52. The molecule has 2 aromatic rings. The van der Waals surface area contributed by atoms with Crippen LogP contribution in [0, 0.1) is 0 Å². The van der Waals surface area contributed by atoms with Gasteiger partial charge in [-0.1, -0.05) is 18.2 Å². The summed E-state index contributed by atoms with van der Waals surface area (Å²) in [6.45, 7) is 3.60. The summed E-state index contributed by atoms with van der Waals surface area (Å²) in [6.07, 6.45) is 0. The molecule has 1 N–H and O–H groups in total. The normalized spacial score (nSPS) is 14.5. The van der Waals surface area contributed by atoms with E-state index in [1.54, 1.807) is 33.5 Å². The van der Waals surface area contributed by atoms with Crippen molar-refractivity contribution >= 4 is 17.3 Å². The lowest BCUT2D eigenvalue weighted by atomic mass is 10.2. The van der Waals surface area contributed by atoms with E-state index >= 15 is 0 Å². The molecule has 0 aliphatic carbocycles. The average Bonchev–Trinajstić information content (AvgIpc) is 2.74. The van der Waals surface area contributed by atoms with Crippen molar-refractivity contribution in [2.75, 3.05) is 64.3 Å². The van der Waals surface area contributed by atoms with Crippen LogP contribution in [0.15, 0.2) is 42.5 Å². The molecule has 7 heteroatoms. The van der Waals surface area contributed by atoms with Gasteiger partial charge in [0, 0.05) is 26.2 Å². The molecule has 0 spiro atoms. The highest BCUT2D eigenvalue weighted by Gasteiger charge is 2.22. The van der Waals surface area contributed by atoms with Gasteiger partial charge in [0.15, 0.2) is 0 Å². The van der Waals surface area contributed by atoms with Crippen molar-refractivity contribution in [1.82, 2.24) is 4.90 Å². The highest BCUT2D eigenvalue weighted by Crippen LogP contribution is 2.34. The summed E-state index contributed by atoms with van der Waals surface area (Å²) in [5.74, 6) is 1.94. The summed E-state index contributed by atoms with van der Waals surface area (Å²) in [6, 6.07) is 13.4. The van der Waals surface area contributed by atoms with Crippen LogP contribution in [0.3, 0.4) is 0 Å². The molecule has 1 fully saturated rings. The Labute approximate surface area is 165 Å². The number of piperazine rings is 1. The van der Waals surface area contributed by atoms with Gasteiger partial charge in [-0.05, 0) is 24.3 Å². The third kappa shape index (κ3) is 4.48. The topological polar surface area (TPSA) is 63.3 Å². The molecule has 0 atom stereocenters. The monoisotopic (exact) mass is 385 g/mol. The summed E-state index contributed by atoms with van der Waals surface area (Å²) in [4.78, 5) is 17.0. The van der Waals surface area contributed by atoms with E-state index < -0.39 is 0 Å². The van der Waals surface area contributed by atoms with Crippen LogP contribution in [0.1, 0.15) is 0 Å². The number of ether oxygens (including phenoxy) is 3. The van der Waals surface area contributed by atoms with Crippen molar-refractivity contribution in [3.63, 3.8) is 0 Å². The number of hydrogen-bond acceptors (Lipinski definition) is 6. The maximum absolute atomic E-state index is 12.6.